The van der Waals surface area contributed by atoms with Gasteiger partial charge in [0.1, 0.15) is 0 Å². The van der Waals surface area contributed by atoms with Gasteiger partial charge in [0.05, 0.1) is 12.3 Å². The number of sulfonamides is 1. The summed E-state index contributed by atoms with van der Waals surface area (Å²) in [5, 5.41) is 0. The molecule has 2 N–H and O–H groups in total. The molecule has 0 aliphatic rings. The van der Waals surface area contributed by atoms with Crippen LogP contribution in [0.3, 0.4) is 0 Å². The van der Waals surface area contributed by atoms with Gasteiger partial charge in [0.2, 0.25) is 10.0 Å². The molecule has 0 radical (unpaired) electrons. The Kier molecular flexibility index (Phi) is 5.82. The normalized spacial score (nSPS) is 11.1. The molecule has 0 bridgehead atoms. The van der Waals surface area contributed by atoms with Crippen molar-refractivity contribution in [1.82, 2.24) is 0 Å². The van der Waals surface area contributed by atoms with E-state index in [9.17, 15) is 13.2 Å². The third-order valence-electron chi connectivity index (χ3n) is 2.55. The number of hydrogen-bond donors (Lipinski definition) is 1. The largest absolute Gasteiger partial charge is 0.465 e. The average Bonchev–Trinajstić information content (AvgIpc) is 2.36. The first kappa shape index (κ1) is 16.3. The molecule has 20 heavy (non-hydrogen) atoms. The Balaban J connectivity index is 3.00. The predicted octanol–water partition coefficient (Wildman–Crippen LogP) is 1.38. The number of benzene rings is 1. The maximum absolute atomic E-state index is 12.3. The molecule has 0 fully saturated rings. The van der Waals surface area contributed by atoms with E-state index in [1.165, 1.54) is 4.31 Å². The molecule has 7 heteroatoms. The molecule has 0 heterocycles. The molecule has 1 rings (SSSR count). The van der Waals surface area contributed by atoms with E-state index < -0.39 is 21.7 Å². The van der Waals surface area contributed by atoms with Gasteiger partial charge in [-0.3, -0.25) is 9.10 Å². The first-order valence-electron chi connectivity index (χ1n) is 6.42. The Hall–Kier alpha value is -1.76. The summed E-state index contributed by atoms with van der Waals surface area (Å²) in [6, 6.07) is 6.48. The van der Waals surface area contributed by atoms with E-state index in [0.717, 1.165) is 0 Å². The summed E-state index contributed by atoms with van der Waals surface area (Å²) >= 11 is 0. The molecule has 0 aliphatic carbocycles. The van der Waals surface area contributed by atoms with E-state index in [2.05, 4.69) is 0 Å². The standard InChI is InChI=1S/C13H20N2O4S/c1-3-9-15(12-7-5-11(14)6-8-12)20(17,18)10-13(16)19-4-2/h5-8H,3-4,9-10,14H2,1-2H3. The second-order valence-corrected chi connectivity index (χ2v) is 6.12. The van der Waals surface area contributed by atoms with Crippen LogP contribution in [-0.2, 0) is 19.6 Å². The Morgan fingerprint density at radius 3 is 2.35 bits per heavy atom. The fourth-order valence-corrected chi connectivity index (χ4v) is 3.14. The molecular weight excluding hydrogens is 280 g/mol. The van der Waals surface area contributed by atoms with E-state index in [1.807, 2.05) is 6.92 Å². The SMILES string of the molecule is CCCN(c1ccc(N)cc1)S(=O)(=O)CC(=O)OCC. The second kappa shape index (κ2) is 7.14. The van der Waals surface area contributed by atoms with E-state index in [-0.39, 0.29) is 6.61 Å². The van der Waals surface area contributed by atoms with Crippen LogP contribution in [0.15, 0.2) is 24.3 Å². The topological polar surface area (TPSA) is 89.7 Å². The van der Waals surface area contributed by atoms with Gasteiger partial charge in [-0.1, -0.05) is 6.92 Å². The van der Waals surface area contributed by atoms with Crippen molar-refractivity contribution in [1.29, 1.82) is 0 Å². The van der Waals surface area contributed by atoms with E-state index in [1.54, 1.807) is 31.2 Å². The minimum atomic E-state index is -3.75. The molecule has 0 amide bonds. The van der Waals surface area contributed by atoms with Crippen molar-refractivity contribution in [3.05, 3.63) is 24.3 Å². The lowest BCUT2D eigenvalue weighted by Gasteiger charge is -2.23. The van der Waals surface area contributed by atoms with Gasteiger partial charge in [-0.05, 0) is 37.6 Å². The smallest absolute Gasteiger partial charge is 0.323 e. The molecule has 0 aliphatic heterocycles. The van der Waals surface area contributed by atoms with Gasteiger partial charge in [-0.15, -0.1) is 0 Å². The summed E-state index contributed by atoms with van der Waals surface area (Å²) in [5.41, 5.74) is 6.63. The molecule has 6 nitrogen and oxygen atoms in total. The number of ether oxygens (including phenoxy) is 1. The van der Waals surface area contributed by atoms with Crippen molar-refractivity contribution in [3.63, 3.8) is 0 Å². The van der Waals surface area contributed by atoms with Crippen molar-refractivity contribution in [3.8, 4) is 0 Å². The Morgan fingerprint density at radius 1 is 1.25 bits per heavy atom. The van der Waals surface area contributed by atoms with Gasteiger partial charge in [0.15, 0.2) is 5.75 Å². The van der Waals surface area contributed by atoms with Crippen LogP contribution in [0.5, 0.6) is 0 Å². The molecule has 0 unspecified atom stereocenters. The average molecular weight is 300 g/mol. The number of rotatable bonds is 7. The van der Waals surface area contributed by atoms with Crippen LogP contribution in [0, 0.1) is 0 Å². The van der Waals surface area contributed by atoms with Gasteiger partial charge >= 0.3 is 5.97 Å². The molecule has 1 aromatic rings. The maximum Gasteiger partial charge on any atom is 0.323 e. The zero-order valence-electron chi connectivity index (χ0n) is 11.7. The Labute approximate surface area is 119 Å². The summed E-state index contributed by atoms with van der Waals surface area (Å²) in [5.74, 6) is -1.41. The monoisotopic (exact) mass is 300 g/mol. The van der Waals surface area contributed by atoms with Crippen molar-refractivity contribution in [2.45, 2.75) is 20.3 Å². The van der Waals surface area contributed by atoms with E-state index in [0.29, 0.717) is 24.3 Å². The minimum Gasteiger partial charge on any atom is -0.465 e. The quantitative estimate of drug-likeness (QED) is 0.607. The minimum absolute atomic E-state index is 0.157. The van der Waals surface area contributed by atoms with Crippen LogP contribution in [0.2, 0.25) is 0 Å². The highest BCUT2D eigenvalue weighted by atomic mass is 32.2. The van der Waals surface area contributed by atoms with E-state index in [4.69, 9.17) is 10.5 Å². The van der Waals surface area contributed by atoms with Crippen molar-refractivity contribution >= 4 is 27.4 Å². The first-order chi connectivity index (χ1) is 9.40. The molecule has 0 aromatic heterocycles. The summed E-state index contributed by atoms with van der Waals surface area (Å²) in [6.07, 6.45) is 0.631. The number of hydrogen-bond acceptors (Lipinski definition) is 5. The highest BCUT2D eigenvalue weighted by Crippen LogP contribution is 2.20. The lowest BCUT2D eigenvalue weighted by atomic mass is 10.3. The number of anilines is 2. The number of nitrogens with two attached hydrogens (primary N) is 1. The number of nitrogens with zero attached hydrogens (tertiary/aromatic N) is 1. The highest BCUT2D eigenvalue weighted by Gasteiger charge is 2.25. The second-order valence-electron chi connectivity index (χ2n) is 4.22. The van der Waals surface area contributed by atoms with Gasteiger partial charge in [0.25, 0.3) is 0 Å². The zero-order valence-corrected chi connectivity index (χ0v) is 12.5. The lowest BCUT2D eigenvalue weighted by molar-refractivity contribution is -0.139. The van der Waals surface area contributed by atoms with Crippen LogP contribution in [0.25, 0.3) is 0 Å². The summed E-state index contributed by atoms with van der Waals surface area (Å²) in [6.45, 7) is 3.95. The van der Waals surface area contributed by atoms with Crippen molar-refractivity contribution in [2.75, 3.05) is 28.9 Å². The molecular formula is C13H20N2O4S. The van der Waals surface area contributed by atoms with Crippen LogP contribution in [-0.4, -0.2) is 33.3 Å². The Bertz CT molecular complexity index is 540. The zero-order chi connectivity index (χ0) is 15.2. The summed E-state index contributed by atoms with van der Waals surface area (Å²) < 4.78 is 30.5. The van der Waals surface area contributed by atoms with Crippen LogP contribution in [0.4, 0.5) is 11.4 Å². The molecule has 0 saturated carbocycles. The number of carbonyl (C=O) groups excluding carboxylic acids is 1. The first-order valence-corrected chi connectivity index (χ1v) is 8.03. The molecule has 0 spiro atoms. The third-order valence-corrected chi connectivity index (χ3v) is 4.21. The third kappa shape index (κ3) is 4.41. The van der Waals surface area contributed by atoms with Crippen LogP contribution >= 0.6 is 0 Å². The van der Waals surface area contributed by atoms with Gasteiger partial charge in [-0.25, -0.2) is 8.42 Å². The molecule has 0 atom stereocenters. The summed E-state index contributed by atoms with van der Waals surface area (Å²) in [4.78, 5) is 11.4. The van der Waals surface area contributed by atoms with Gasteiger partial charge in [0, 0.05) is 12.2 Å². The molecule has 112 valence electrons. The number of esters is 1. The predicted molar refractivity (Wildman–Crippen MR) is 78.9 cm³/mol. The fourth-order valence-electron chi connectivity index (χ4n) is 1.70. The van der Waals surface area contributed by atoms with Crippen LogP contribution in [0.1, 0.15) is 20.3 Å². The van der Waals surface area contributed by atoms with Crippen molar-refractivity contribution in [2.24, 2.45) is 0 Å². The van der Waals surface area contributed by atoms with Gasteiger partial charge in [-0.2, -0.15) is 0 Å². The molecule has 1 aromatic carbocycles. The van der Waals surface area contributed by atoms with Gasteiger partial charge < -0.3 is 10.5 Å². The summed E-state index contributed by atoms with van der Waals surface area (Å²) in [7, 11) is -3.75. The maximum atomic E-state index is 12.3. The number of carbonyl (C=O) groups is 1. The van der Waals surface area contributed by atoms with Crippen LogP contribution < -0.4 is 10.0 Å². The number of nitrogen functional groups attached to an aromatic ring is 1. The molecule has 0 saturated heterocycles. The Morgan fingerprint density at radius 2 is 1.85 bits per heavy atom. The van der Waals surface area contributed by atoms with Crippen molar-refractivity contribution < 1.29 is 17.9 Å². The fraction of sp³-hybridized carbons (Fsp3) is 0.462. The van der Waals surface area contributed by atoms with E-state index >= 15 is 0 Å². The lowest BCUT2D eigenvalue weighted by Crippen LogP contribution is -2.36. The highest BCUT2D eigenvalue weighted by molar-refractivity contribution is 7.93.